The molecule has 1 unspecified atom stereocenters. The number of carboxylic acid groups (broad SMARTS) is 1. The number of carbonyl (C=O) groups is 2. The summed E-state index contributed by atoms with van der Waals surface area (Å²) < 4.78 is 2.15. The second-order valence-corrected chi connectivity index (χ2v) is 6.79. The summed E-state index contributed by atoms with van der Waals surface area (Å²) in [5.41, 5.74) is 0.209. The summed E-state index contributed by atoms with van der Waals surface area (Å²) in [5.74, 6) is -1.25. The van der Waals surface area contributed by atoms with Gasteiger partial charge in [0.2, 0.25) is 0 Å². The van der Waals surface area contributed by atoms with E-state index in [1.54, 1.807) is 29.2 Å². The van der Waals surface area contributed by atoms with Crippen molar-refractivity contribution in [2.45, 2.75) is 18.8 Å². The summed E-state index contributed by atoms with van der Waals surface area (Å²) in [6.45, 7) is 1.00. The maximum absolute atomic E-state index is 12.9. The average molecular weight is 371 g/mol. The van der Waals surface area contributed by atoms with Gasteiger partial charge in [0.25, 0.3) is 11.5 Å². The second-order valence-electron chi connectivity index (χ2n) is 6.79. The van der Waals surface area contributed by atoms with E-state index in [4.69, 9.17) is 5.11 Å². The van der Waals surface area contributed by atoms with E-state index in [2.05, 4.69) is 0 Å². The van der Waals surface area contributed by atoms with Crippen LogP contribution in [0.25, 0.3) is 0 Å². The molecule has 0 radical (unpaired) electrons. The number of nitrogens with zero attached hydrogens (tertiary/aromatic N) is 3. The van der Waals surface area contributed by atoms with Crippen molar-refractivity contribution in [1.29, 1.82) is 0 Å². The molecule has 27 heavy (non-hydrogen) atoms. The van der Waals surface area contributed by atoms with Crippen LogP contribution in [0.15, 0.2) is 39.9 Å². The Morgan fingerprint density at radius 3 is 2.37 bits per heavy atom. The number of amides is 1. The Labute approximate surface area is 155 Å². The number of piperidine rings is 1. The molecule has 0 bridgehead atoms. The van der Waals surface area contributed by atoms with E-state index < -0.39 is 17.2 Å². The van der Waals surface area contributed by atoms with Gasteiger partial charge in [0, 0.05) is 39.2 Å². The van der Waals surface area contributed by atoms with Gasteiger partial charge in [-0.1, -0.05) is 12.1 Å². The second kappa shape index (κ2) is 7.22. The third-order valence-electron chi connectivity index (χ3n) is 5.08. The van der Waals surface area contributed by atoms with E-state index in [0.717, 1.165) is 23.0 Å². The predicted molar refractivity (Wildman–Crippen MR) is 98.2 cm³/mol. The Balaban J connectivity index is 1.84. The standard InChI is InChI=1S/C19H21N3O5/c1-20-15(10-16(23)21(2)19(20)27)17(24)22-9-3-4-14(11-22)12-5-7-13(8-6-12)18(25)26/h5-8,10,14H,3-4,9,11H2,1-2H3,(H,25,26). The lowest BCUT2D eigenvalue weighted by Crippen LogP contribution is -2.44. The number of rotatable bonds is 3. The van der Waals surface area contributed by atoms with Crippen molar-refractivity contribution >= 4 is 11.9 Å². The van der Waals surface area contributed by atoms with E-state index in [1.807, 2.05) is 0 Å². The number of carboxylic acids is 1. The fraction of sp³-hybridized carbons (Fsp3) is 0.368. The lowest BCUT2D eigenvalue weighted by Gasteiger charge is -2.33. The van der Waals surface area contributed by atoms with Crippen molar-refractivity contribution in [2.24, 2.45) is 14.1 Å². The fourth-order valence-electron chi connectivity index (χ4n) is 3.43. The molecule has 0 saturated carbocycles. The highest BCUT2D eigenvalue weighted by Gasteiger charge is 2.27. The van der Waals surface area contributed by atoms with Crippen molar-refractivity contribution in [3.63, 3.8) is 0 Å². The van der Waals surface area contributed by atoms with Crippen LogP contribution in [0.3, 0.4) is 0 Å². The minimum Gasteiger partial charge on any atom is -0.478 e. The van der Waals surface area contributed by atoms with Gasteiger partial charge in [-0.25, -0.2) is 9.59 Å². The van der Waals surface area contributed by atoms with Crippen molar-refractivity contribution in [3.8, 4) is 0 Å². The van der Waals surface area contributed by atoms with Crippen molar-refractivity contribution in [1.82, 2.24) is 14.0 Å². The van der Waals surface area contributed by atoms with Gasteiger partial charge in [0.15, 0.2) is 0 Å². The predicted octanol–water partition coefficient (Wildman–Crippen LogP) is 0.802. The first-order chi connectivity index (χ1) is 12.8. The molecular weight excluding hydrogens is 350 g/mol. The highest BCUT2D eigenvalue weighted by molar-refractivity contribution is 5.92. The topological polar surface area (TPSA) is 102 Å². The number of aromatic nitrogens is 2. The van der Waals surface area contributed by atoms with Gasteiger partial charge in [-0.2, -0.15) is 0 Å². The SMILES string of the molecule is Cn1c(C(=O)N2CCCC(c3ccc(C(=O)O)cc3)C2)cc(=O)n(C)c1=O. The zero-order chi connectivity index (χ0) is 19.7. The molecular formula is C19H21N3O5. The minimum absolute atomic E-state index is 0.0741. The highest BCUT2D eigenvalue weighted by atomic mass is 16.4. The first-order valence-corrected chi connectivity index (χ1v) is 8.69. The quantitative estimate of drug-likeness (QED) is 0.860. The number of likely N-dealkylation sites (tertiary alicyclic amines) is 1. The maximum atomic E-state index is 12.9. The molecule has 1 amide bonds. The van der Waals surface area contributed by atoms with Gasteiger partial charge < -0.3 is 10.0 Å². The maximum Gasteiger partial charge on any atom is 0.335 e. The lowest BCUT2D eigenvalue weighted by molar-refractivity contribution is 0.0689. The normalized spacial score (nSPS) is 17.0. The number of carbonyl (C=O) groups excluding carboxylic acids is 1. The van der Waals surface area contributed by atoms with E-state index in [1.165, 1.54) is 24.7 Å². The van der Waals surface area contributed by atoms with Crippen molar-refractivity contribution < 1.29 is 14.7 Å². The van der Waals surface area contributed by atoms with E-state index in [-0.39, 0.29) is 23.1 Å². The molecule has 8 nitrogen and oxygen atoms in total. The molecule has 1 atom stereocenters. The lowest BCUT2D eigenvalue weighted by atomic mass is 9.90. The summed E-state index contributed by atoms with van der Waals surface area (Å²) in [4.78, 5) is 49.5. The molecule has 1 aromatic heterocycles. The third kappa shape index (κ3) is 3.55. The molecule has 8 heteroatoms. The molecule has 1 N–H and O–H groups in total. The minimum atomic E-state index is -0.978. The van der Waals surface area contributed by atoms with Crippen LogP contribution in [0.4, 0.5) is 0 Å². The van der Waals surface area contributed by atoms with Gasteiger partial charge in [0.05, 0.1) is 5.56 Å². The Bertz CT molecular complexity index is 1000. The highest BCUT2D eigenvalue weighted by Crippen LogP contribution is 2.27. The van der Waals surface area contributed by atoms with Crippen LogP contribution in [0, 0.1) is 0 Å². The number of benzene rings is 1. The molecule has 2 aromatic rings. The molecule has 0 spiro atoms. The molecule has 1 fully saturated rings. The Morgan fingerprint density at radius 2 is 1.74 bits per heavy atom. The van der Waals surface area contributed by atoms with Crippen LogP contribution in [-0.2, 0) is 14.1 Å². The monoisotopic (exact) mass is 371 g/mol. The Hall–Kier alpha value is -3.16. The first kappa shape index (κ1) is 18.6. The van der Waals surface area contributed by atoms with Crippen molar-refractivity contribution in [3.05, 3.63) is 68.0 Å². The molecule has 1 saturated heterocycles. The summed E-state index contributed by atoms with van der Waals surface area (Å²) in [6, 6.07) is 7.85. The van der Waals surface area contributed by atoms with Gasteiger partial charge >= 0.3 is 11.7 Å². The van der Waals surface area contributed by atoms with E-state index >= 15 is 0 Å². The molecule has 142 valence electrons. The molecule has 1 aromatic carbocycles. The van der Waals surface area contributed by atoms with Crippen LogP contribution >= 0.6 is 0 Å². The van der Waals surface area contributed by atoms with Crippen LogP contribution in [0.2, 0.25) is 0 Å². The summed E-state index contributed by atoms with van der Waals surface area (Å²) in [5, 5.41) is 9.01. The first-order valence-electron chi connectivity index (χ1n) is 8.69. The molecule has 0 aliphatic carbocycles. The van der Waals surface area contributed by atoms with Crippen LogP contribution in [0.1, 0.15) is 45.2 Å². The third-order valence-corrected chi connectivity index (χ3v) is 5.08. The summed E-state index contributed by atoms with van der Waals surface area (Å²) in [7, 11) is 2.84. The smallest absolute Gasteiger partial charge is 0.335 e. The molecule has 3 rings (SSSR count). The van der Waals surface area contributed by atoms with E-state index in [9.17, 15) is 19.2 Å². The van der Waals surface area contributed by atoms with Gasteiger partial charge in [-0.15, -0.1) is 0 Å². The zero-order valence-electron chi connectivity index (χ0n) is 15.2. The Kier molecular flexibility index (Phi) is 4.98. The van der Waals surface area contributed by atoms with Crippen molar-refractivity contribution in [2.75, 3.05) is 13.1 Å². The Morgan fingerprint density at radius 1 is 1.07 bits per heavy atom. The number of hydrogen-bond acceptors (Lipinski definition) is 4. The van der Waals surface area contributed by atoms with Crippen LogP contribution < -0.4 is 11.2 Å². The zero-order valence-corrected chi connectivity index (χ0v) is 15.2. The van der Waals surface area contributed by atoms with Crippen LogP contribution in [0.5, 0.6) is 0 Å². The van der Waals surface area contributed by atoms with Gasteiger partial charge in [0.1, 0.15) is 5.69 Å². The summed E-state index contributed by atoms with van der Waals surface area (Å²) in [6.07, 6.45) is 1.67. The largest absolute Gasteiger partial charge is 0.478 e. The fourth-order valence-corrected chi connectivity index (χ4v) is 3.43. The van der Waals surface area contributed by atoms with Gasteiger partial charge in [-0.05, 0) is 30.5 Å². The number of aromatic carboxylic acids is 1. The van der Waals surface area contributed by atoms with E-state index in [0.29, 0.717) is 13.1 Å². The van der Waals surface area contributed by atoms with Crippen LogP contribution in [-0.4, -0.2) is 44.1 Å². The molecule has 2 heterocycles. The molecule has 1 aliphatic heterocycles. The molecule has 1 aliphatic rings. The van der Waals surface area contributed by atoms with Gasteiger partial charge in [-0.3, -0.25) is 18.7 Å². The summed E-state index contributed by atoms with van der Waals surface area (Å²) >= 11 is 0. The number of hydrogen-bond donors (Lipinski definition) is 1. The average Bonchev–Trinajstić information content (AvgIpc) is 2.68.